The van der Waals surface area contributed by atoms with Gasteiger partial charge >= 0.3 is 5.97 Å². The van der Waals surface area contributed by atoms with Gasteiger partial charge < -0.3 is 15.7 Å². The summed E-state index contributed by atoms with van der Waals surface area (Å²) in [5.41, 5.74) is 5.90. The summed E-state index contributed by atoms with van der Waals surface area (Å²) < 4.78 is 0. The number of carboxylic acids is 1. The minimum Gasteiger partial charge on any atom is -0.478 e. The molecule has 2 aliphatic rings. The number of allylic oxidation sites excluding steroid dienone is 4. The lowest BCUT2D eigenvalue weighted by atomic mass is 9.96. The quantitative estimate of drug-likeness (QED) is 0.189. The Hall–Kier alpha value is -5.23. The number of aromatic carboxylic acids is 1. The average molecular weight is 585 g/mol. The number of carboxylic acid groups (broad SMARTS) is 1. The molecule has 0 spiro atoms. The predicted molar refractivity (Wildman–Crippen MR) is 176 cm³/mol. The third kappa shape index (κ3) is 7.58. The molecular weight excluding hydrogens is 548 g/mol. The first-order valence-electron chi connectivity index (χ1n) is 14.9. The zero-order valence-electron chi connectivity index (χ0n) is 24.7. The van der Waals surface area contributed by atoms with Gasteiger partial charge in [0.1, 0.15) is 0 Å². The fourth-order valence-corrected chi connectivity index (χ4v) is 5.48. The lowest BCUT2D eigenvalue weighted by molar-refractivity contribution is 0.0697. The second-order valence-electron chi connectivity index (χ2n) is 11.0. The van der Waals surface area contributed by atoms with E-state index >= 15 is 0 Å². The van der Waals surface area contributed by atoms with Gasteiger partial charge in [-0.2, -0.15) is 0 Å². The maximum Gasteiger partial charge on any atom is 0.337 e. The number of benzene rings is 4. The van der Waals surface area contributed by atoms with Crippen LogP contribution in [0.15, 0.2) is 121 Å². The molecule has 2 amide bonds. The molecule has 2 aliphatic carbocycles. The molecule has 6 nitrogen and oxygen atoms in total. The molecule has 0 aromatic heterocycles. The molecule has 2 atom stereocenters. The molecule has 6 rings (SSSR count). The van der Waals surface area contributed by atoms with Crippen molar-refractivity contribution in [3.05, 3.63) is 155 Å². The maximum absolute atomic E-state index is 12.3. The van der Waals surface area contributed by atoms with Crippen LogP contribution in [0.3, 0.4) is 0 Å². The molecule has 0 aliphatic heterocycles. The van der Waals surface area contributed by atoms with Gasteiger partial charge in [0.15, 0.2) is 0 Å². The summed E-state index contributed by atoms with van der Waals surface area (Å²) in [5.74, 6) is -0.657. The monoisotopic (exact) mass is 584 g/mol. The summed E-state index contributed by atoms with van der Waals surface area (Å²) in [6.45, 7) is 2.02. The summed E-state index contributed by atoms with van der Waals surface area (Å²) >= 11 is 0. The molecule has 0 saturated heterocycles. The first kappa shape index (κ1) is 30.2. The van der Waals surface area contributed by atoms with Crippen LogP contribution in [0.1, 0.15) is 85.3 Å². The number of rotatable bonds is 7. The van der Waals surface area contributed by atoms with Gasteiger partial charge in [-0.3, -0.25) is 9.59 Å². The van der Waals surface area contributed by atoms with E-state index < -0.39 is 5.97 Å². The SMILES string of the molecule is Cc1ccc(C2C=CCC2)cc1NC(=O)c1ccccc1.O=C(Nc1cc(C2C=CCC2)ccc1C(=O)O)c1ccccc1. The van der Waals surface area contributed by atoms with E-state index in [0.717, 1.165) is 42.5 Å². The van der Waals surface area contributed by atoms with Crippen molar-refractivity contribution in [3.8, 4) is 0 Å². The summed E-state index contributed by atoms with van der Waals surface area (Å²) in [6.07, 6.45) is 13.1. The Morgan fingerprint density at radius 3 is 1.59 bits per heavy atom. The van der Waals surface area contributed by atoms with Gasteiger partial charge in [0, 0.05) is 28.7 Å². The van der Waals surface area contributed by atoms with E-state index in [1.807, 2.05) is 49.4 Å². The van der Waals surface area contributed by atoms with Gasteiger partial charge in [-0.15, -0.1) is 0 Å². The Morgan fingerprint density at radius 1 is 0.636 bits per heavy atom. The number of anilines is 2. The fraction of sp³-hybridized carbons (Fsp3) is 0.184. The molecule has 0 bridgehead atoms. The molecule has 4 aromatic carbocycles. The van der Waals surface area contributed by atoms with Crippen LogP contribution in [0.4, 0.5) is 11.4 Å². The van der Waals surface area contributed by atoms with E-state index in [1.165, 1.54) is 5.56 Å². The van der Waals surface area contributed by atoms with Crippen LogP contribution in [-0.4, -0.2) is 22.9 Å². The predicted octanol–water partition coefficient (Wildman–Crippen LogP) is 8.75. The zero-order chi connectivity index (χ0) is 30.9. The standard InChI is InChI=1S/C19H17NO3.C19H19NO/c21-18(14-8-2-1-3-9-14)20-17-12-15(13-6-4-5-7-13)10-11-16(17)19(22)23;1-14-11-12-17(15-7-5-6-8-15)13-18(14)20-19(21)16-9-3-2-4-10-16/h1-4,6,8-13H,5,7H2,(H,20,21)(H,22,23);2-5,7,9-13,15H,6,8H2,1H3,(H,20,21). The van der Waals surface area contributed by atoms with Crippen LogP contribution in [0, 0.1) is 6.92 Å². The normalized spacial score (nSPS) is 16.6. The Bertz CT molecular complexity index is 1690. The lowest BCUT2D eigenvalue weighted by Gasteiger charge is -2.14. The number of amides is 2. The van der Waals surface area contributed by atoms with Gasteiger partial charge in [-0.1, -0.05) is 78.9 Å². The molecule has 44 heavy (non-hydrogen) atoms. The second-order valence-corrected chi connectivity index (χ2v) is 11.0. The van der Waals surface area contributed by atoms with Crippen LogP contribution in [-0.2, 0) is 0 Å². The minimum absolute atomic E-state index is 0.0576. The lowest BCUT2D eigenvalue weighted by Crippen LogP contribution is -2.15. The third-order valence-electron chi connectivity index (χ3n) is 7.99. The molecule has 2 unspecified atom stereocenters. The van der Waals surface area contributed by atoms with Gasteiger partial charge in [0.25, 0.3) is 11.8 Å². The second kappa shape index (κ2) is 14.3. The number of carbonyl (C=O) groups excluding carboxylic acids is 2. The van der Waals surface area contributed by atoms with Crippen molar-refractivity contribution in [3.63, 3.8) is 0 Å². The maximum atomic E-state index is 12.3. The van der Waals surface area contributed by atoms with Gasteiger partial charge in [0.05, 0.1) is 11.3 Å². The highest BCUT2D eigenvalue weighted by Gasteiger charge is 2.18. The number of hydrogen-bond donors (Lipinski definition) is 3. The Morgan fingerprint density at radius 2 is 1.11 bits per heavy atom. The van der Waals surface area contributed by atoms with Crippen molar-refractivity contribution in [2.45, 2.75) is 44.4 Å². The van der Waals surface area contributed by atoms with Crippen molar-refractivity contribution in [1.82, 2.24) is 0 Å². The number of hydrogen-bond acceptors (Lipinski definition) is 3. The van der Waals surface area contributed by atoms with Crippen LogP contribution in [0.5, 0.6) is 0 Å². The van der Waals surface area contributed by atoms with Crippen LogP contribution in [0.2, 0.25) is 0 Å². The van der Waals surface area contributed by atoms with Gasteiger partial charge in [0.2, 0.25) is 0 Å². The van der Waals surface area contributed by atoms with Crippen LogP contribution in [0.25, 0.3) is 0 Å². The highest BCUT2D eigenvalue weighted by molar-refractivity contribution is 6.08. The molecule has 0 radical (unpaired) electrons. The summed E-state index contributed by atoms with van der Waals surface area (Å²) in [6, 6.07) is 29.6. The molecule has 4 aromatic rings. The van der Waals surface area contributed by atoms with Crippen LogP contribution >= 0.6 is 0 Å². The zero-order valence-corrected chi connectivity index (χ0v) is 24.7. The van der Waals surface area contributed by atoms with E-state index in [9.17, 15) is 19.5 Å². The number of aryl methyl sites for hydroxylation is 1. The molecule has 0 fully saturated rings. The fourth-order valence-electron chi connectivity index (χ4n) is 5.48. The van der Waals surface area contributed by atoms with E-state index in [4.69, 9.17) is 0 Å². The highest BCUT2D eigenvalue weighted by Crippen LogP contribution is 2.32. The van der Waals surface area contributed by atoms with Crippen molar-refractivity contribution in [1.29, 1.82) is 0 Å². The third-order valence-corrected chi connectivity index (χ3v) is 7.99. The minimum atomic E-state index is -1.05. The molecule has 3 N–H and O–H groups in total. The largest absolute Gasteiger partial charge is 0.478 e. The molecule has 0 heterocycles. The average Bonchev–Trinajstić information content (AvgIpc) is 3.79. The first-order valence-corrected chi connectivity index (χ1v) is 14.9. The first-order chi connectivity index (χ1) is 21.4. The Labute approximate surface area is 258 Å². The van der Waals surface area contributed by atoms with Gasteiger partial charge in [-0.25, -0.2) is 4.79 Å². The smallest absolute Gasteiger partial charge is 0.337 e. The Balaban J connectivity index is 0.000000175. The molecule has 222 valence electrons. The number of nitrogens with one attached hydrogen (secondary N) is 2. The molecular formula is C38H36N2O4. The molecule has 6 heteroatoms. The van der Waals surface area contributed by atoms with E-state index in [0.29, 0.717) is 22.7 Å². The van der Waals surface area contributed by atoms with E-state index in [1.54, 1.807) is 36.4 Å². The van der Waals surface area contributed by atoms with Crippen molar-refractivity contribution >= 4 is 29.2 Å². The summed E-state index contributed by atoms with van der Waals surface area (Å²) in [5, 5.41) is 15.1. The topological polar surface area (TPSA) is 95.5 Å². The van der Waals surface area contributed by atoms with E-state index in [2.05, 4.69) is 53.1 Å². The summed E-state index contributed by atoms with van der Waals surface area (Å²) in [4.78, 5) is 36.0. The Kier molecular flexibility index (Phi) is 9.82. The number of carbonyl (C=O) groups is 3. The molecule has 0 saturated carbocycles. The summed E-state index contributed by atoms with van der Waals surface area (Å²) in [7, 11) is 0. The van der Waals surface area contributed by atoms with E-state index in [-0.39, 0.29) is 23.3 Å². The van der Waals surface area contributed by atoms with Crippen molar-refractivity contribution in [2.75, 3.05) is 10.6 Å². The van der Waals surface area contributed by atoms with Crippen molar-refractivity contribution < 1.29 is 19.5 Å². The van der Waals surface area contributed by atoms with Crippen LogP contribution < -0.4 is 10.6 Å². The van der Waals surface area contributed by atoms with Gasteiger partial charge in [-0.05, 0) is 91.8 Å². The van der Waals surface area contributed by atoms with Crippen molar-refractivity contribution in [2.24, 2.45) is 0 Å². The highest BCUT2D eigenvalue weighted by atomic mass is 16.4.